The number of rotatable bonds is 2. The van der Waals surface area contributed by atoms with E-state index in [1.807, 2.05) is 42.5 Å². The summed E-state index contributed by atoms with van der Waals surface area (Å²) in [5.74, 6) is 0.0367. The summed E-state index contributed by atoms with van der Waals surface area (Å²) in [4.78, 5) is 12.5. The maximum atomic E-state index is 12.5. The van der Waals surface area contributed by atoms with Gasteiger partial charge < -0.3 is 5.32 Å². The van der Waals surface area contributed by atoms with E-state index >= 15 is 0 Å². The number of thioether (sulfide) groups is 1. The Morgan fingerprint density at radius 2 is 1.91 bits per heavy atom. The molecule has 4 nitrogen and oxygen atoms in total. The minimum atomic E-state index is -0.164. The molecule has 1 unspecified atom stereocenters. The van der Waals surface area contributed by atoms with Gasteiger partial charge in [0.05, 0.1) is 11.4 Å². The van der Waals surface area contributed by atoms with Gasteiger partial charge in [-0.2, -0.15) is 5.10 Å². The van der Waals surface area contributed by atoms with Crippen LogP contribution in [0.25, 0.3) is 10.8 Å². The second-order valence-corrected chi connectivity index (χ2v) is 6.72. The molecule has 1 atom stereocenters. The van der Waals surface area contributed by atoms with Crippen LogP contribution < -0.4 is 5.32 Å². The van der Waals surface area contributed by atoms with Crippen LogP contribution in [0.2, 0.25) is 0 Å². The first kappa shape index (κ1) is 14.2. The molecular formula is C18H15N3OS. The van der Waals surface area contributed by atoms with Gasteiger partial charge in [-0.1, -0.05) is 54.2 Å². The number of aromatic nitrogens is 2. The number of para-hydroxylation sites is 1. The average Bonchev–Trinajstić information content (AvgIpc) is 2.74. The van der Waals surface area contributed by atoms with Crippen molar-refractivity contribution in [1.29, 1.82) is 0 Å². The Labute approximate surface area is 138 Å². The van der Waals surface area contributed by atoms with Crippen molar-refractivity contribution in [3.05, 3.63) is 60.3 Å². The van der Waals surface area contributed by atoms with Crippen molar-refractivity contribution in [3.63, 3.8) is 0 Å². The molecule has 1 aliphatic heterocycles. The first-order chi connectivity index (χ1) is 11.3. The van der Waals surface area contributed by atoms with E-state index in [9.17, 15) is 4.79 Å². The molecule has 2 heterocycles. The number of anilines is 1. The number of amides is 1. The van der Waals surface area contributed by atoms with Crippen LogP contribution in [0.15, 0.2) is 59.8 Å². The number of carbonyl (C=O) groups excluding carboxylic acids is 1. The molecule has 23 heavy (non-hydrogen) atoms. The molecule has 3 aromatic rings. The molecule has 4 rings (SSSR count). The van der Waals surface area contributed by atoms with E-state index in [1.165, 1.54) is 17.3 Å². The third-order valence-corrected chi connectivity index (χ3v) is 5.29. The van der Waals surface area contributed by atoms with Crippen LogP contribution in [-0.4, -0.2) is 21.4 Å². The van der Waals surface area contributed by atoms with E-state index < -0.39 is 0 Å². The predicted octanol–water partition coefficient (Wildman–Crippen LogP) is 3.68. The van der Waals surface area contributed by atoms with Crippen LogP contribution in [0, 0.1) is 0 Å². The smallest absolute Gasteiger partial charge is 0.237 e. The largest absolute Gasteiger partial charge is 0.325 e. The molecule has 0 radical (unpaired) electrons. The highest BCUT2D eigenvalue weighted by Crippen LogP contribution is 2.33. The lowest BCUT2D eigenvalue weighted by Gasteiger charge is -2.13. The van der Waals surface area contributed by atoms with Crippen molar-refractivity contribution < 1.29 is 4.79 Å². The Morgan fingerprint density at radius 1 is 1.09 bits per heavy atom. The summed E-state index contributed by atoms with van der Waals surface area (Å²) in [7, 11) is 0. The second kappa shape index (κ2) is 6.01. The Bertz CT molecular complexity index is 876. The van der Waals surface area contributed by atoms with Gasteiger partial charge in [-0.3, -0.25) is 4.79 Å². The number of aryl methyl sites for hydroxylation is 1. The van der Waals surface area contributed by atoms with Crippen LogP contribution in [0.4, 0.5) is 5.69 Å². The Morgan fingerprint density at radius 3 is 2.87 bits per heavy atom. The maximum Gasteiger partial charge on any atom is 0.237 e. The predicted molar refractivity (Wildman–Crippen MR) is 92.6 cm³/mol. The third kappa shape index (κ3) is 2.80. The molecule has 1 N–H and O–H groups in total. The van der Waals surface area contributed by atoms with Crippen LogP contribution in [0.5, 0.6) is 0 Å². The molecule has 1 aromatic heterocycles. The van der Waals surface area contributed by atoms with Crippen LogP contribution in [-0.2, 0) is 11.2 Å². The molecule has 2 aromatic carbocycles. The van der Waals surface area contributed by atoms with Crippen molar-refractivity contribution in [2.24, 2.45) is 0 Å². The molecular weight excluding hydrogens is 306 g/mol. The van der Waals surface area contributed by atoms with Crippen molar-refractivity contribution >= 4 is 34.1 Å². The van der Waals surface area contributed by atoms with E-state index in [1.54, 1.807) is 6.20 Å². The number of nitrogens with one attached hydrogen (secondary N) is 1. The summed E-state index contributed by atoms with van der Waals surface area (Å²) >= 11 is 1.50. The molecule has 0 saturated heterocycles. The van der Waals surface area contributed by atoms with Gasteiger partial charge in [0.25, 0.3) is 0 Å². The minimum absolute atomic E-state index is 0.0367. The van der Waals surface area contributed by atoms with Crippen LogP contribution in [0.1, 0.15) is 12.0 Å². The maximum absolute atomic E-state index is 12.5. The van der Waals surface area contributed by atoms with Gasteiger partial charge in [0.2, 0.25) is 5.91 Å². The van der Waals surface area contributed by atoms with Crippen molar-refractivity contribution in [2.45, 2.75) is 23.1 Å². The zero-order valence-electron chi connectivity index (χ0n) is 12.4. The van der Waals surface area contributed by atoms with Gasteiger partial charge in [0.15, 0.2) is 0 Å². The summed E-state index contributed by atoms with van der Waals surface area (Å²) in [6.07, 6.45) is 3.42. The Balaban J connectivity index is 1.63. The van der Waals surface area contributed by atoms with Crippen LogP contribution in [0.3, 0.4) is 0 Å². The lowest BCUT2D eigenvalue weighted by molar-refractivity contribution is -0.115. The Hall–Kier alpha value is -2.40. The van der Waals surface area contributed by atoms with Crippen molar-refractivity contribution in [1.82, 2.24) is 10.2 Å². The Kier molecular flexibility index (Phi) is 3.71. The number of hydrogen-bond donors (Lipinski definition) is 1. The zero-order chi connectivity index (χ0) is 15.6. The third-order valence-electron chi connectivity index (χ3n) is 4.03. The molecule has 114 valence electrons. The standard InChI is InChI=1S/C18H15N3OS/c22-17-16(10-9-12-5-2-4-8-15(12)20-17)23-18-14-7-3-1-6-13(14)11-19-21-18/h1-8,11,16H,9-10H2,(H,20,22). The van der Waals surface area contributed by atoms with E-state index in [0.717, 1.165) is 34.3 Å². The van der Waals surface area contributed by atoms with Crippen LogP contribution >= 0.6 is 11.8 Å². The summed E-state index contributed by atoms with van der Waals surface area (Å²) in [6.45, 7) is 0. The molecule has 1 aliphatic rings. The number of hydrogen-bond acceptors (Lipinski definition) is 4. The summed E-state index contributed by atoms with van der Waals surface area (Å²) < 4.78 is 0. The summed E-state index contributed by atoms with van der Waals surface area (Å²) in [6, 6.07) is 16.0. The fourth-order valence-electron chi connectivity index (χ4n) is 2.83. The SMILES string of the molecule is O=C1Nc2ccccc2CCC1Sc1nncc2ccccc12. The molecule has 0 bridgehead atoms. The van der Waals surface area contributed by atoms with Gasteiger partial charge >= 0.3 is 0 Å². The first-order valence-electron chi connectivity index (χ1n) is 7.57. The summed E-state index contributed by atoms with van der Waals surface area (Å²) in [5, 5.41) is 14.1. The summed E-state index contributed by atoms with van der Waals surface area (Å²) in [5.41, 5.74) is 2.11. The second-order valence-electron chi connectivity index (χ2n) is 5.53. The average molecular weight is 321 g/mol. The van der Waals surface area contributed by atoms with Gasteiger partial charge in [0, 0.05) is 16.5 Å². The lowest BCUT2D eigenvalue weighted by atomic mass is 10.1. The highest BCUT2D eigenvalue weighted by atomic mass is 32.2. The van der Waals surface area contributed by atoms with E-state index in [0.29, 0.717) is 0 Å². The monoisotopic (exact) mass is 321 g/mol. The molecule has 0 aliphatic carbocycles. The zero-order valence-corrected chi connectivity index (χ0v) is 13.2. The van der Waals surface area contributed by atoms with Gasteiger partial charge in [-0.15, -0.1) is 5.10 Å². The molecule has 0 fully saturated rings. The number of nitrogens with zero attached hydrogens (tertiary/aromatic N) is 2. The number of fused-ring (bicyclic) bond motifs is 2. The minimum Gasteiger partial charge on any atom is -0.325 e. The van der Waals surface area contributed by atoms with E-state index in [2.05, 4.69) is 21.6 Å². The van der Waals surface area contributed by atoms with Gasteiger partial charge in [-0.25, -0.2) is 0 Å². The normalized spacial score (nSPS) is 17.4. The van der Waals surface area contributed by atoms with E-state index in [-0.39, 0.29) is 11.2 Å². The molecule has 0 spiro atoms. The van der Waals surface area contributed by atoms with E-state index in [4.69, 9.17) is 0 Å². The highest BCUT2D eigenvalue weighted by molar-refractivity contribution is 8.00. The topological polar surface area (TPSA) is 54.9 Å². The fourth-order valence-corrected chi connectivity index (χ4v) is 3.91. The fraction of sp³-hybridized carbons (Fsp3) is 0.167. The van der Waals surface area contributed by atoms with Crippen molar-refractivity contribution in [3.8, 4) is 0 Å². The highest BCUT2D eigenvalue weighted by Gasteiger charge is 2.25. The van der Waals surface area contributed by atoms with Crippen molar-refractivity contribution in [2.75, 3.05) is 5.32 Å². The van der Waals surface area contributed by atoms with Gasteiger partial charge in [-0.05, 0) is 24.5 Å². The molecule has 1 amide bonds. The molecule has 5 heteroatoms. The first-order valence-corrected chi connectivity index (χ1v) is 8.45. The lowest BCUT2D eigenvalue weighted by Crippen LogP contribution is -2.23. The quantitative estimate of drug-likeness (QED) is 0.782. The number of carbonyl (C=O) groups is 1. The van der Waals surface area contributed by atoms with Gasteiger partial charge in [0.1, 0.15) is 5.03 Å². The molecule has 0 saturated carbocycles. The number of benzene rings is 2.